The summed E-state index contributed by atoms with van der Waals surface area (Å²) in [7, 11) is 0. The molecule has 0 bridgehead atoms. The maximum atomic E-state index is 12.1. The summed E-state index contributed by atoms with van der Waals surface area (Å²) in [5.41, 5.74) is 1.98. The van der Waals surface area contributed by atoms with Crippen LogP contribution in [-0.2, 0) is 6.42 Å². The number of carbonyl (C=O) groups excluding carboxylic acids is 1. The fourth-order valence-electron chi connectivity index (χ4n) is 1.83. The highest BCUT2D eigenvalue weighted by Crippen LogP contribution is 2.20. The lowest BCUT2D eigenvalue weighted by Gasteiger charge is -2.10. The Morgan fingerprint density at radius 2 is 1.84 bits per heavy atom. The van der Waals surface area contributed by atoms with Crippen molar-refractivity contribution in [3.63, 3.8) is 0 Å². The predicted molar refractivity (Wildman–Crippen MR) is 76.4 cm³/mol. The summed E-state index contributed by atoms with van der Waals surface area (Å²) >= 11 is 0. The van der Waals surface area contributed by atoms with Gasteiger partial charge >= 0.3 is 0 Å². The molecule has 2 rings (SSSR count). The van der Waals surface area contributed by atoms with Crippen molar-refractivity contribution in [3.8, 4) is 5.75 Å². The zero-order valence-corrected chi connectivity index (χ0v) is 10.5. The molecule has 96 valence electrons. The van der Waals surface area contributed by atoms with E-state index in [4.69, 9.17) is 0 Å². The Morgan fingerprint density at radius 1 is 1.16 bits per heavy atom. The van der Waals surface area contributed by atoms with E-state index in [1.54, 1.807) is 24.3 Å². The molecule has 0 radical (unpaired) electrons. The number of phenolic OH excluding ortho intramolecular Hbond substituents is 1. The summed E-state index contributed by atoms with van der Waals surface area (Å²) in [6.45, 7) is 3.70. The molecule has 2 aromatic carbocycles. The third-order valence-corrected chi connectivity index (χ3v) is 2.78. The Morgan fingerprint density at radius 3 is 2.58 bits per heavy atom. The Bertz CT molecular complexity index is 605. The van der Waals surface area contributed by atoms with Gasteiger partial charge in [0.2, 0.25) is 0 Å². The first kappa shape index (κ1) is 12.9. The first-order valence-electron chi connectivity index (χ1n) is 6.00. The molecule has 0 spiro atoms. The number of aromatic hydroxyl groups is 1. The van der Waals surface area contributed by atoms with Gasteiger partial charge in [-0.1, -0.05) is 36.4 Å². The van der Waals surface area contributed by atoms with Crippen LogP contribution in [0.5, 0.6) is 5.75 Å². The van der Waals surface area contributed by atoms with E-state index in [1.807, 2.05) is 24.3 Å². The fourth-order valence-corrected chi connectivity index (χ4v) is 1.83. The van der Waals surface area contributed by atoms with Gasteiger partial charge in [-0.2, -0.15) is 0 Å². The topological polar surface area (TPSA) is 49.3 Å². The van der Waals surface area contributed by atoms with E-state index >= 15 is 0 Å². The number of para-hydroxylation sites is 2. The van der Waals surface area contributed by atoms with Gasteiger partial charge in [0.05, 0.1) is 5.56 Å². The van der Waals surface area contributed by atoms with Gasteiger partial charge < -0.3 is 10.4 Å². The zero-order chi connectivity index (χ0) is 13.7. The average molecular weight is 253 g/mol. The second-order valence-corrected chi connectivity index (χ2v) is 4.12. The number of carbonyl (C=O) groups is 1. The number of allylic oxidation sites excluding steroid dienone is 1. The molecule has 0 saturated heterocycles. The molecule has 2 N–H and O–H groups in total. The summed E-state index contributed by atoms with van der Waals surface area (Å²) < 4.78 is 0. The second kappa shape index (κ2) is 5.87. The van der Waals surface area contributed by atoms with Gasteiger partial charge in [0.25, 0.3) is 5.91 Å². The number of anilines is 1. The van der Waals surface area contributed by atoms with Crippen LogP contribution >= 0.6 is 0 Å². The third kappa shape index (κ3) is 3.01. The molecule has 19 heavy (non-hydrogen) atoms. The first-order chi connectivity index (χ1) is 9.22. The van der Waals surface area contributed by atoms with Crippen LogP contribution in [-0.4, -0.2) is 11.0 Å². The Kier molecular flexibility index (Phi) is 3.98. The maximum Gasteiger partial charge on any atom is 0.259 e. The van der Waals surface area contributed by atoms with Crippen LogP contribution in [0.4, 0.5) is 5.69 Å². The molecular weight excluding hydrogens is 238 g/mol. The monoisotopic (exact) mass is 253 g/mol. The smallest absolute Gasteiger partial charge is 0.259 e. The van der Waals surface area contributed by atoms with Crippen LogP contribution in [0.2, 0.25) is 0 Å². The number of amides is 1. The number of benzene rings is 2. The highest BCUT2D eigenvalue weighted by Gasteiger charge is 2.11. The van der Waals surface area contributed by atoms with Gasteiger partial charge in [-0.05, 0) is 30.2 Å². The standard InChI is InChI=1S/C16H15NO2/c1-2-7-12-8-3-5-10-14(12)17-16(19)13-9-4-6-11-15(13)18/h2-6,8-11,18H,1,7H2,(H,17,19). The van der Waals surface area contributed by atoms with E-state index in [1.165, 1.54) is 6.07 Å². The number of hydrogen-bond acceptors (Lipinski definition) is 2. The molecule has 0 aliphatic rings. The minimum Gasteiger partial charge on any atom is -0.507 e. The molecule has 0 unspecified atom stereocenters. The average Bonchev–Trinajstić information content (AvgIpc) is 2.41. The molecule has 0 saturated carbocycles. The van der Waals surface area contributed by atoms with E-state index < -0.39 is 0 Å². The Hall–Kier alpha value is -2.55. The highest BCUT2D eigenvalue weighted by molar-refractivity contribution is 6.06. The molecule has 2 aromatic rings. The van der Waals surface area contributed by atoms with Gasteiger partial charge in [-0.3, -0.25) is 4.79 Å². The Labute approximate surface area is 112 Å². The Balaban J connectivity index is 2.24. The molecule has 3 nitrogen and oxygen atoms in total. The second-order valence-electron chi connectivity index (χ2n) is 4.12. The molecule has 0 heterocycles. The van der Waals surface area contributed by atoms with Crippen molar-refractivity contribution < 1.29 is 9.90 Å². The highest BCUT2D eigenvalue weighted by atomic mass is 16.3. The van der Waals surface area contributed by atoms with Crippen molar-refractivity contribution in [2.45, 2.75) is 6.42 Å². The summed E-state index contributed by atoms with van der Waals surface area (Å²) in [5.74, 6) is -0.351. The summed E-state index contributed by atoms with van der Waals surface area (Å²) in [5, 5.41) is 12.5. The predicted octanol–water partition coefficient (Wildman–Crippen LogP) is 3.37. The lowest BCUT2D eigenvalue weighted by Crippen LogP contribution is -2.13. The van der Waals surface area contributed by atoms with Crippen molar-refractivity contribution in [2.24, 2.45) is 0 Å². The lowest BCUT2D eigenvalue weighted by molar-refractivity contribution is 0.102. The molecule has 0 fully saturated rings. The number of rotatable bonds is 4. The van der Waals surface area contributed by atoms with E-state index in [9.17, 15) is 9.90 Å². The molecule has 0 aromatic heterocycles. The summed E-state index contributed by atoms with van der Waals surface area (Å²) in [6, 6.07) is 14.0. The quantitative estimate of drug-likeness (QED) is 0.821. The number of nitrogens with one attached hydrogen (secondary N) is 1. The summed E-state index contributed by atoms with van der Waals surface area (Å²) in [6.07, 6.45) is 2.46. The van der Waals surface area contributed by atoms with Gasteiger partial charge in [-0.25, -0.2) is 0 Å². The van der Waals surface area contributed by atoms with Gasteiger partial charge in [-0.15, -0.1) is 6.58 Å². The van der Waals surface area contributed by atoms with Crippen molar-refractivity contribution in [3.05, 3.63) is 72.3 Å². The van der Waals surface area contributed by atoms with E-state index in [2.05, 4.69) is 11.9 Å². The van der Waals surface area contributed by atoms with Crippen LogP contribution in [0.15, 0.2) is 61.2 Å². The lowest BCUT2D eigenvalue weighted by atomic mass is 10.1. The van der Waals surface area contributed by atoms with Crippen LogP contribution in [0.1, 0.15) is 15.9 Å². The first-order valence-corrected chi connectivity index (χ1v) is 6.00. The maximum absolute atomic E-state index is 12.1. The minimum absolute atomic E-state index is 0.0267. The molecular formula is C16H15NO2. The molecule has 0 aliphatic carbocycles. The number of phenols is 1. The summed E-state index contributed by atoms with van der Waals surface area (Å²) in [4.78, 5) is 12.1. The molecule has 0 atom stereocenters. The van der Waals surface area contributed by atoms with E-state index in [0.29, 0.717) is 6.42 Å². The van der Waals surface area contributed by atoms with E-state index in [0.717, 1.165) is 11.3 Å². The van der Waals surface area contributed by atoms with Gasteiger partial charge in [0.1, 0.15) is 5.75 Å². The minimum atomic E-state index is -0.324. The normalized spacial score (nSPS) is 9.89. The van der Waals surface area contributed by atoms with E-state index in [-0.39, 0.29) is 17.2 Å². The van der Waals surface area contributed by atoms with Crippen LogP contribution in [0.3, 0.4) is 0 Å². The van der Waals surface area contributed by atoms with Crippen molar-refractivity contribution in [2.75, 3.05) is 5.32 Å². The fraction of sp³-hybridized carbons (Fsp3) is 0.0625. The van der Waals surface area contributed by atoms with Crippen molar-refractivity contribution in [1.29, 1.82) is 0 Å². The van der Waals surface area contributed by atoms with Crippen LogP contribution < -0.4 is 5.32 Å². The largest absolute Gasteiger partial charge is 0.507 e. The van der Waals surface area contributed by atoms with Gasteiger partial charge in [0, 0.05) is 5.69 Å². The van der Waals surface area contributed by atoms with Crippen molar-refractivity contribution in [1.82, 2.24) is 0 Å². The third-order valence-electron chi connectivity index (χ3n) is 2.78. The molecule has 3 heteroatoms. The van der Waals surface area contributed by atoms with Crippen LogP contribution in [0.25, 0.3) is 0 Å². The molecule has 0 aliphatic heterocycles. The molecule has 1 amide bonds. The zero-order valence-electron chi connectivity index (χ0n) is 10.5. The van der Waals surface area contributed by atoms with Gasteiger partial charge in [0.15, 0.2) is 0 Å². The van der Waals surface area contributed by atoms with Crippen LogP contribution in [0, 0.1) is 0 Å². The number of hydrogen-bond donors (Lipinski definition) is 2. The SMILES string of the molecule is C=CCc1ccccc1NC(=O)c1ccccc1O. The van der Waals surface area contributed by atoms with Crippen molar-refractivity contribution >= 4 is 11.6 Å².